The molecule has 0 saturated carbocycles. The number of nitrogens with zero attached hydrogens (tertiary/aromatic N) is 2. The fourth-order valence-electron chi connectivity index (χ4n) is 1.64. The number of thiazole rings is 1. The van der Waals surface area contributed by atoms with Crippen LogP contribution in [0.2, 0.25) is 5.02 Å². The monoisotopic (exact) mass is 312 g/mol. The van der Waals surface area contributed by atoms with Crippen molar-refractivity contribution in [2.24, 2.45) is 0 Å². The maximum Gasteiger partial charge on any atom is 0.167 e. The van der Waals surface area contributed by atoms with E-state index < -0.39 is 11.6 Å². The molecule has 0 N–H and O–H groups in total. The normalized spacial score (nSPS) is 10.9. The second-order valence-electron chi connectivity index (χ2n) is 3.95. The van der Waals surface area contributed by atoms with Crippen LogP contribution in [0.1, 0.15) is 5.01 Å². The molecular formula is C13H7ClF2N2OS. The van der Waals surface area contributed by atoms with Crippen molar-refractivity contribution in [2.75, 3.05) is 0 Å². The van der Waals surface area contributed by atoms with Crippen LogP contribution >= 0.6 is 22.9 Å². The minimum Gasteiger partial charge on any atom is -0.483 e. The number of fused-ring (bicyclic) bond motifs is 1. The van der Waals surface area contributed by atoms with Crippen molar-refractivity contribution in [1.82, 2.24) is 9.97 Å². The van der Waals surface area contributed by atoms with Crippen LogP contribution in [0.25, 0.3) is 10.3 Å². The molecule has 0 saturated heterocycles. The zero-order valence-electron chi connectivity index (χ0n) is 9.94. The Hall–Kier alpha value is -1.79. The summed E-state index contributed by atoms with van der Waals surface area (Å²) in [5, 5.41) is 1.14. The van der Waals surface area contributed by atoms with Crippen LogP contribution in [-0.2, 0) is 6.61 Å². The molecule has 7 heteroatoms. The molecule has 2 heterocycles. The van der Waals surface area contributed by atoms with Gasteiger partial charge >= 0.3 is 0 Å². The van der Waals surface area contributed by atoms with Gasteiger partial charge in [0.15, 0.2) is 11.6 Å². The first-order chi connectivity index (χ1) is 9.61. The van der Waals surface area contributed by atoms with E-state index in [-0.39, 0.29) is 12.4 Å². The first-order valence-electron chi connectivity index (χ1n) is 5.60. The lowest BCUT2D eigenvalue weighted by molar-refractivity contribution is 0.289. The largest absolute Gasteiger partial charge is 0.483 e. The molecule has 0 aliphatic carbocycles. The van der Waals surface area contributed by atoms with Crippen LogP contribution in [0.3, 0.4) is 0 Å². The molecule has 1 aromatic carbocycles. The first-order valence-corrected chi connectivity index (χ1v) is 6.80. The molecular weight excluding hydrogens is 306 g/mol. The predicted octanol–water partition coefficient (Wildman–Crippen LogP) is 4.20. The van der Waals surface area contributed by atoms with Crippen molar-refractivity contribution in [3.63, 3.8) is 0 Å². The van der Waals surface area contributed by atoms with Crippen molar-refractivity contribution in [1.29, 1.82) is 0 Å². The smallest absolute Gasteiger partial charge is 0.167 e. The Kier molecular flexibility index (Phi) is 3.50. The molecule has 0 unspecified atom stereocenters. The Balaban J connectivity index is 1.79. The number of hydrogen-bond acceptors (Lipinski definition) is 4. The SMILES string of the molecule is Fc1ccc(OCc2nc3cc(Cl)cnc3s2)c(F)c1. The highest BCUT2D eigenvalue weighted by Crippen LogP contribution is 2.24. The lowest BCUT2D eigenvalue weighted by atomic mass is 10.3. The Morgan fingerprint density at radius 3 is 2.90 bits per heavy atom. The molecule has 0 amide bonds. The maximum atomic E-state index is 13.4. The first kappa shape index (κ1) is 13.2. The van der Waals surface area contributed by atoms with Gasteiger partial charge in [0.1, 0.15) is 27.8 Å². The van der Waals surface area contributed by atoms with E-state index in [1.54, 1.807) is 6.07 Å². The lowest BCUT2D eigenvalue weighted by Crippen LogP contribution is -1.97. The van der Waals surface area contributed by atoms with Gasteiger partial charge in [0.25, 0.3) is 0 Å². The summed E-state index contributed by atoms with van der Waals surface area (Å²) >= 11 is 7.15. The van der Waals surface area contributed by atoms with Crippen molar-refractivity contribution in [3.05, 3.63) is 52.1 Å². The van der Waals surface area contributed by atoms with Crippen LogP contribution in [0.5, 0.6) is 5.75 Å². The second kappa shape index (κ2) is 5.30. The fourth-order valence-corrected chi connectivity index (χ4v) is 2.59. The van der Waals surface area contributed by atoms with E-state index in [0.29, 0.717) is 15.5 Å². The van der Waals surface area contributed by atoms with E-state index in [2.05, 4.69) is 9.97 Å². The van der Waals surface area contributed by atoms with Crippen LogP contribution in [0.15, 0.2) is 30.5 Å². The molecule has 0 spiro atoms. The van der Waals surface area contributed by atoms with E-state index in [0.717, 1.165) is 17.0 Å². The van der Waals surface area contributed by atoms with Crippen molar-refractivity contribution >= 4 is 33.3 Å². The average molecular weight is 313 g/mol. The summed E-state index contributed by atoms with van der Waals surface area (Å²) in [7, 11) is 0. The second-order valence-corrected chi connectivity index (χ2v) is 5.45. The standard InChI is InChI=1S/C13H7ClF2N2OS/c14-7-3-10-13(17-5-7)20-12(18-10)6-19-11-2-1-8(15)4-9(11)16/h1-5H,6H2. The van der Waals surface area contributed by atoms with Gasteiger partial charge in [0.05, 0.1) is 5.02 Å². The van der Waals surface area contributed by atoms with Crippen LogP contribution < -0.4 is 4.74 Å². The summed E-state index contributed by atoms with van der Waals surface area (Å²) in [6.45, 7) is 0.0845. The minimum absolute atomic E-state index is 0.0170. The van der Waals surface area contributed by atoms with Gasteiger partial charge in [-0.15, -0.1) is 0 Å². The van der Waals surface area contributed by atoms with Gasteiger partial charge in [-0.05, 0) is 18.2 Å². The van der Waals surface area contributed by atoms with E-state index in [4.69, 9.17) is 16.3 Å². The molecule has 3 rings (SSSR count). The van der Waals surface area contributed by atoms with Gasteiger partial charge in [0.2, 0.25) is 0 Å². The lowest BCUT2D eigenvalue weighted by Gasteiger charge is -2.04. The summed E-state index contributed by atoms with van der Waals surface area (Å²) in [4.78, 5) is 9.15. The topological polar surface area (TPSA) is 35.0 Å². The molecule has 0 aliphatic rings. The molecule has 3 nitrogen and oxygen atoms in total. The predicted molar refractivity (Wildman–Crippen MR) is 73.1 cm³/mol. The summed E-state index contributed by atoms with van der Waals surface area (Å²) in [6.07, 6.45) is 1.53. The summed E-state index contributed by atoms with van der Waals surface area (Å²) < 4.78 is 31.4. The zero-order chi connectivity index (χ0) is 14.1. The van der Waals surface area contributed by atoms with Crippen molar-refractivity contribution in [2.45, 2.75) is 6.61 Å². The number of rotatable bonds is 3. The molecule has 20 heavy (non-hydrogen) atoms. The van der Waals surface area contributed by atoms with Gasteiger partial charge in [-0.25, -0.2) is 18.7 Å². The summed E-state index contributed by atoms with van der Waals surface area (Å²) in [5.41, 5.74) is 0.667. The average Bonchev–Trinajstić information content (AvgIpc) is 2.79. The van der Waals surface area contributed by atoms with Crippen LogP contribution in [-0.4, -0.2) is 9.97 Å². The molecule has 102 valence electrons. The molecule has 2 aromatic heterocycles. The number of halogens is 3. The zero-order valence-corrected chi connectivity index (χ0v) is 11.5. The van der Waals surface area contributed by atoms with Crippen molar-refractivity contribution < 1.29 is 13.5 Å². The summed E-state index contributed by atoms with van der Waals surface area (Å²) in [5.74, 6) is -1.40. The van der Waals surface area contributed by atoms with Gasteiger partial charge in [0, 0.05) is 12.3 Å². The highest BCUT2D eigenvalue weighted by molar-refractivity contribution is 7.18. The van der Waals surface area contributed by atoms with Gasteiger partial charge in [-0.1, -0.05) is 22.9 Å². The van der Waals surface area contributed by atoms with E-state index in [9.17, 15) is 8.78 Å². The molecule has 0 atom stereocenters. The number of hydrogen-bond donors (Lipinski definition) is 0. The molecule has 0 radical (unpaired) electrons. The molecule has 0 aliphatic heterocycles. The van der Waals surface area contributed by atoms with E-state index in [1.807, 2.05) is 0 Å². The van der Waals surface area contributed by atoms with E-state index >= 15 is 0 Å². The maximum absolute atomic E-state index is 13.4. The van der Waals surface area contributed by atoms with Crippen LogP contribution in [0, 0.1) is 11.6 Å². The third kappa shape index (κ3) is 2.71. The molecule has 0 bridgehead atoms. The van der Waals surface area contributed by atoms with Gasteiger partial charge in [-0.2, -0.15) is 0 Å². The summed E-state index contributed by atoms with van der Waals surface area (Å²) in [6, 6.07) is 4.85. The third-order valence-electron chi connectivity index (χ3n) is 2.50. The minimum atomic E-state index is -0.743. The number of aromatic nitrogens is 2. The molecule has 3 aromatic rings. The highest BCUT2D eigenvalue weighted by Gasteiger charge is 2.09. The number of pyridine rings is 1. The Labute approximate surface area is 121 Å². The quantitative estimate of drug-likeness (QED) is 0.727. The van der Waals surface area contributed by atoms with E-state index in [1.165, 1.54) is 23.6 Å². The third-order valence-corrected chi connectivity index (χ3v) is 3.66. The molecule has 0 fully saturated rings. The Morgan fingerprint density at radius 2 is 2.10 bits per heavy atom. The van der Waals surface area contributed by atoms with Gasteiger partial charge < -0.3 is 4.74 Å². The van der Waals surface area contributed by atoms with Crippen molar-refractivity contribution in [3.8, 4) is 5.75 Å². The Bertz CT molecular complexity index is 778. The highest BCUT2D eigenvalue weighted by atomic mass is 35.5. The number of ether oxygens (including phenoxy) is 1. The Morgan fingerprint density at radius 1 is 1.25 bits per heavy atom. The number of benzene rings is 1. The van der Waals surface area contributed by atoms with Gasteiger partial charge in [-0.3, -0.25) is 0 Å². The fraction of sp³-hybridized carbons (Fsp3) is 0.0769. The van der Waals surface area contributed by atoms with Crippen LogP contribution in [0.4, 0.5) is 8.78 Å².